The molecular formula is C15H23N3O5S. The van der Waals surface area contributed by atoms with E-state index in [0.29, 0.717) is 16.7 Å². The van der Waals surface area contributed by atoms with Crippen molar-refractivity contribution in [2.75, 3.05) is 12.8 Å². The van der Waals surface area contributed by atoms with Crippen molar-refractivity contribution >= 4 is 36.0 Å². The molecule has 2 saturated heterocycles. The first-order chi connectivity index (χ1) is 11.6. The highest BCUT2D eigenvalue weighted by molar-refractivity contribution is 8.00. The normalized spacial score (nSPS) is 26.7. The van der Waals surface area contributed by atoms with Crippen LogP contribution in [0.25, 0.3) is 0 Å². The van der Waals surface area contributed by atoms with Crippen LogP contribution in [0, 0.1) is 0 Å². The van der Waals surface area contributed by atoms with Gasteiger partial charge in [0.2, 0.25) is 6.41 Å². The number of carbonyl (C=O) groups is 4. The Morgan fingerprint density at radius 2 is 2.04 bits per heavy atom. The minimum atomic E-state index is -0.562. The van der Waals surface area contributed by atoms with Gasteiger partial charge in [0.15, 0.2) is 0 Å². The molecule has 0 aromatic rings. The zero-order valence-electron chi connectivity index (χ0n) is 13.7. The molecule has 24 heavy (non-hydrogen) atoms. The molecule has 2 N–H and O–H groups in total. The van der Waals surface area contributed by atoms with Gasteiger partial charge in [0, 0.05) is 36.3 Å². The molecule has 2 heterocycles. The number of amides is 3. The van der Waals surface area contributed by atoms with Crippen LogP contribution in [-0.2, 0) is 24.0 Å². The van der Waals surface area contributed by atoms with Crippen LogP contribution in [0.4, 0.5) is 0 Å². The maximum absolute atomic E-state index is 11.7. The van der Waals surface area contributed by atoms with Gasteiger partial charge in [0.25, 0.3) is 11.8 Å². The summed E-state index contributed by atoms with van der Waals surface area (Å²) in [4.78, 5) is 50.0. The van der Waals surface area contributed by atoms with Crippen molar-refractivity contribution in [1.29, 1.82) is 0 Å². The van der Waals surface area contributed by atoms with Crippen molar-refractivity contribution in [3.05, 3.63) is 0 Å². The number of imide groups is 1. The minimum Gasteiger partial charge on any atom is -0.353 e. The summed E-state index contributed by atoms with van der Waals surface area (Å²) in [7, 11) is 1.88. The molecule has 0 aromatic carbocycles. The highest BCUT2D eigenvalue weighted by atomic mass is 32.2. The Morgan fingerprint density at radius 3 is 2.67 bits per heavy atom. The maximum Gasteiger partial charge on any atom is 0.333 e. The van der Waals surface area contributed by atoms with Crippen LogP contribution in [-0.4, -0.2) is 59.4 Å². The fraction of sp³-hybridized carbons (Fsp3) is 0.733. The summed E-state index contributed by atoms with van der Waals surface area (Å²) < 4.78 is 0. The molecule has 2 aliphatic rings. The Bertz CT molecular complexity index is 486. The third-order valence-electron chi connectivity index (χ3n) is 4.27. The van der Waals surface area contributed by atoms with E-state index < -0.39 is 17.8 Å². The lowest BCUT2D eigenvalue weighted by Gasteiger charge is -2.22. The zero-order valence-corrected chi connectivity index (χ0v) is 14.5. The molecule has 2 aliphatic heterocycles. The lowest BCUT2D eigenvalue weighted by Crippen LogP contribution is -2.48. The van der Waals surface area contributed by atoms with E-state index in [4.69, 9.17) is 4.84 Å². The number of hydrogen-bond donors (Lipinski definition) is 2. The number of unbranched alkanes of at least 4 members (excludes halogenated alkanes) is 1. The van der Waals surface area contributed by atoms with Gasteiger partial charge in [0.05, 0.1) is 6.04 Å². The average molecular weight is 357 g/mol. The van der Waals surface area contributed by atoms with E-state index >= 15 is 0 Å². The molecular weight excluding hydrogens is 334 g/mol. The first-order valence-corrected chi connectivity index (χ1v) is 9.16. The number of nitrogens with zero attached hydrogens (tertiary/aromatic N) is 1. The van der Waals surface area contributed by atoms with Crippen LogP contribution in [0.15, 0.2) is 0 Å². The molecule has 2 fully saturated rings. The van der Waals surface area contributed by atoms with E-state index in [1.807, 2.05) is 18.8 Å². The number of rotatable bonds is 9. The van der Waals surface area contributed by atoms with E-state index in [1.54, 1.807) is 0 Å². The van der Waals surface area contributed by atoms with E-state index in [-0.39, 0.29) is 31.3 Å². The first-order valence-electron chi connectivity index (χ1n) is 8.12. The van der Waals surface area contributed by atoms with Crippen LogP contribution in [0.5, 0.6) is 0 Å². The number of hydroxylamine groups is 2. The predicted octanol–water partition coefficient (Wildman–Crippen LogP) is -0.0280. The number of nitrogens with one attached hydrogen (secondary N) is 2. The monoisotopic (exact) mass is 357 g/mol. The van der Waals surface area contributed by atoms with Crippen LogP contribution in [0.2, 0.25) is 0 Å². The summed E-state index contributed by atoms with van der Waals surface area (Å²) in [5.74, 6) is -0.546. The van der Waals surface area contributed by atoms with Gasteiger partial charge >= 0.3 is 5.97 Å². The molecule has 134 valence electrons. The SMILES string of the molecule is CN[C@H]1CSC(CCCCC(=O)ON2C(=O)CCC2=O)[C@H]1NC=O. The Morgan fingerprint density at radius 1 is 1.33 bits per heavy atom. The van der Waals surface area contributed by atoms with Crippen molar-refractivity contribution in [2.45, 2.75) is 55.9 Å². The summed E-state index contributed by atoms with van der Waals surface area (Å²) in [6.07, 6.45) is 3.39. The molecule has 3 amide bonds. The molecule has 0 aliphatic carbocycles. The summed E-state index contributed by atoms with van der Waals surface area (Å²) in [5, 5.41) is 6.96. The summed E-state index contributed by atoms with van der Waals surface area (Å²) in [5.41, 5.74) is 0. The number of carbonyl (C=O) groups excluding carboxylic acids is 4. The Labute approximate surface area is 145 Å². The minimum absolute atomic E-state index is 0.0873. The quantitative estimate of drug-likeness (QED) is 0.339. The summed E-state index contributed by atoms with van der Waals surface area (Å²) >= 11 is 1.81. The third kappa shape index (κ3) is 4.70. The number of thioether (sulfide) groups is 1. The third-order valence-corrected chi connectivity index (χ3v) is 5.78. The first kappa shape index (κ1) is 18.7. The molecule has 0 radical (unpaired) electrons. The van der Waals surface area contributed by atoms with Gasteiger partial charge < -0.3 is 15.5 Å². The number of likely N-dealkylation sites (N-methyl/N-ethyl adjacent to an activating group) is 1. The van der Waals surface area contributed by atoms with E-state index in [9.17, 15) is 19.2 Å². The van der Waals surface area contributed by atoms with Crippen molar-refractivity contribution in [1.82, 2.24) is 15.7 Å². The van der Waals surface area contributed by atoms with Crippen molar-refractivity contribution in [3.8, 4) is 0 Å². The van der Waals surface area contributed by atoms with E-state index in [0.717, 1.165) is 25.0 Å². The fourth-order valence-electron chi connectivity index (χ4n) is 2.94. The van der Waals surface area contributed by atoms with Crippen LogP contribution in [0.1, 0.15) is 38.5 Å². The van der Waals surface area contributed by atoms with E-state index in [2.05, 4.69) is 10.6 Å². The molecule has 0 aromatic heterocycles. The maximum atomic E-state index is 11.7. The predicted molar refractivity (Wildman–Crippen MR) is 87.7 cm³/mol. The second kappa shape index (κ2) is 9.03. The van der Waals surface area contributed by atoms with Crippen molar-refractivity contribution in [3.63, 3.8) is 0 Å². The van der Waals surface area contributed by atoms with Gasteiger partial charge in [-0.15, -0.1) is 5.06 Å². The van der Waals surface area contributed by atoms with Gasteiger partial charge in [-0.2, -0.15) is 11.8 Å². The highest BCUT2D eigenvalue weighted by Crippen LogP contribution is 2.31. The molecule has 0 bridgehead atoms. The van der Waals surface area contributed by atoms with Gasteiger partial charge in [-0.3, -0.25) is 14.4 Å². The highest BCUT2D eigenvalue weighted by Gasteiger charge is 2.35. The van der Waals surface area contributed by atoms with Crippen molar-refractivity contribution < 1.29 is 24.0 Å². The Kier molecular flexibility index (Phi) is 7.04. The van der Waals surface area contributed by atoms with Crippen LogP contribution < -0.4 is 10.6 Å². The lowest BCUT2D eigenvalue weighted by molar-refractivity contribution is -0.197. The molecule has 9 heteroatoms. The Balaban J connectivity index is 1.67. The molecule has 0 spiro atoms. The molecule has 2 rings (SSSR count). The lowest BCUT2D eigenvalue weighted by atomic mass is 10.0. The largest absolute Gasteiger partial charge is 0.353 e. The topological polar surface area (TPSA) is 105 Å². The van der Waals surface area contributed by atoms with Gasteiger partial charge in [-0.1, -0.05) is 6.42 Å². The van der Waals surface area contributed by atoms with Crippen molar-refractivity contribution in [2.24, 2.45) is 0 Å². The van der Waals surface area contributed by atoms with Crippen LogP contribution >= 0.6 is 11.8 Å². The number of hydrogen-bond acceptors (Lipinski definition) is 7. The summed E-state index contributed by atoms with van der Waals surface area (Å²) in [6, 6.07) is 0.339. The fourth-order valence-corrected chi connectivity index (χ4v) is 4.58. The summed E-state index contributed by atoms with van der Waals surface area (Å²) in [6.45, 7) is 0. The van der Waals surface area contributed by atoms with Gasteiger partial charge in [-0.05, 0) is 19.9 Å². The molecule has 8 nitrogen and oxygen atoms in total. The smallest absolute Gasteiger partial charge is 0.333 e. The molecule has 1 unspecified atom stereocenters. The standard InChI is InChI=1S/C15H23N3O5S/c1-16-10-8-24-11(15(10)17-9-19)4-2-3-5-14(22)23-18-12(20)6-7-13(18)21/h9-11,15-16H,2-8H2,1H3,(H,17,19)/t10-,11?,15-/m0/s1. The zero-order chi connectivity index (χ0) is 17.5. The Hall–Kier alpha value is -1.61. The molecule has 0 saturated carbocycles. The molecule has 3 atom stereocenters. The van der Waals surface area contributed by atoms with Crippen LogP contribution in [0.3, 0.4) is 0 Å². The van der Waals surface area contributed by atoms with Gasteiger partial charge in [-0.25, -0.2) is 4.79 Å². The average Bonchev–Trinajstić information content (AvgIpc) is 3.10. The second-order valence-corrected chi connectivity index (χ2v) is 7.14. The second-order valence-electron chi connectivity index (χ2n) is 5.87. The van der Waals surface area contributed by atoms with E-state index in [1.165, 1.54) is 0 Å². The van der Waals surface area contributed by atoms with Gasteiger partial charge in [0.1, 0.15) is 0 Å².